The van der Waals surface area contributed by atoms with E-state index in [0.29, 0.717) is 28.2 Å². The summed E-state index contributed by atoms with van der Waals surface area (Å²) in [5.41, 5.74) is 4.66. The Morgan fingerprint density at radius 3 is 2.14 bits per heavy atom. The van der Waals surface area contributed by atoms with Crippen molar-refractivity contribution < 1.29 is 9.53 Å². The zero-order valence-corrected chi connectivity index (χ0v) is 20.3. The van der Waals surface area contributed by atoms with Crippen LogP contribution in [-0.2, 0) is 0 Å². The van der Waals surface area contributed by atoms with E-state index in [2.05, 4.69) is 31.2 Å². The predicted molar refractivity (Wildman–Crippen MR) is 142 cm³/mol. The number of anilines is 6. The van der Waals surface area contributed by atoms with Gasteiger partial charge in [-0.15, -0.1) is 0 Å². The molecule has 35 heavy (non-hydrogen) atoms. The number of amides is 2. The number of halogens is 1. The Hall–Kier alpha value is -4.30. The van der Waals surface area contributed by atoms with Gasteiger partial charge in [0.1, 0.15) is 11.6 Å². The summed E-state index contributed by atoms with van der Waals surface area (Å²) in [7, 11) is 1.63. The normalized spacial score (nSPS) is 10.4. The number of hydrogen-bond donors (Lipinski definition) is 4. The van der Waals surface area contributed by atoms with E-state index >= 15 is 0 Å². The summed E-state index contributed by atoms with van der Waals surface area (Å²) in [5.74, 6) is 1.90. The van der Waals surface area contributed by atoms with Crippen LogP contribution in [0, 0.1) is 13.8 Å². The lowest BCUT2D eigenvalue weighted by Crippen LogP contribution is -2.19. The van der Waals surface area contributed by atoms with E-state index in [9.17, 15) is 4.79 Å². The van der Waals surface area contributed by atoms with Crippen molar-refractivity contribution >= 4 is 52.1 Å². The molecule has 0 aliphatic carbocycles. The molecule has 0 bridgehead atoms. The molecule has 0 saturated heterocycles. The Bertz CT molecular complexity index is 1330. The molecular weight excluding hydrogens is 464 g/mol. The van der Waals surface area contributed by atoms with Gasteiger partial charge in [-0.05, 0) is 80.1 Å². The maximum absolute atomic E-state index is 12.3. The van der Waals surface area contributed by atoms with Crippen molar-refractivity contribution in [3.63, 3.8) is 0 Å². The van der Waals surface area contributed by atoms with Crippen molar-refractivity contribution in [2.75, 3.05) is 28.4 Å². The molecule has 0 spiro atoms. The maximum Gasteiger partial charge on any atom is 0.323 e. The molecule has 4 rings (SSSR count). The fraction of sp³-hybridized carbons (Fsp3) is 0.115. The summed E-state index contributed by atoms with van der Waals surface area (Å²) in [6.45, 7) is 3.84. The largest absolute Gasteiger partial charge is 0.497 e. The molecule has 0 unspecified atom stereocenters. The molecule has 4 aromatic rings. The van der Waals surface area contributed by atoms with Crippen molar-refractivity contribution in [1.29, 1.82) is 0 Å². The van der Waals surface area contributed by atoms with Gasteiger partial charge in [0.25, 0.3) is 0 Å². The van der Waals surface area contributed by atoms with E-state index in [0.717, 1.165) is 28.4 Å². The Labute approximate surface area is 208 Å². The molecule has 8 nitrogen and oxygen atoms in total. The summed E-state index contributed by atoms with van der Waals surface area (Å²) in [6, 6.07) is 21.7. The third-order valence-electron chi connectivity index (χ3n) is 4.99. The van der Waals surface area contributed by atoms with Gasteiger partial charge in [0.2, 0.25) is 5.95 Å². The Balaban J connectivity index is 1.38. The number of rotatable bonds is 7. The fourth-order valence-corrected chi connectivity index (χ4v) is 3.57. The highest BCUT2D eigenvalue weighted by molar-refractivity contribution is 6.33. The van der Waals surface area contributed by atoms with E-state index < -0.39 is 0 Å². The first-order valence-corrected chi connectivity index (χ1v) is 11.2. The van der Waals surface area contributed by atoms with Gasteiger partial charge in [-0.1, -0.05) is 17.7 Å². The second kappa shape index (κ2) is 10.8. The lowest BCUT2D eigenvalue weighted by atomic mass is 10.2. The highest BCUT2D eigenvalue weighted by Gasteiger charge is 2.08. The van der Waals surface area contributed by atoms with Gasteiger partial charge in [0.05, 0.1) is 17.8 Å². The highest BCUT2D eigenvalue weighted by atomic mass is 35.5. The molecule has 0 radical (unpaired) electrons. The first-order chi connectivity index (χ1) is 16.9. The standard InChI is InChI=1S/C26H25ClN6O2/c1-16-4-13-23(22(27)14-16)32-26(34)31-20-7-5-19(6-8-20)30-25-28-17(2)15-24(33-25)29-18-9-11-21(35-3)12-10-18/h4-15H,1-3H3,(H2,31,32,34)(H2,28,29,30,33). The first-order valence-electron chi connectivity index (χ1n) is 10.9. The Kier molecular flexibility index (Phi) is 7.32. The molecule has 4 N–H and O–H groups in total. The zero-order chi connectivity index (χ0) is 24.8. The molecule has 0 atom stereocenters. The molecule has 0 saturated carbocycles. The molecule has 0 aliphatic heterocycles. The Morgan fingerprint density at radius 1 is 0.800 bits per heavy atom. The number of carbonyl (C=O) groups is 1. The van der Waals surface area contributed by atoms with Crippen molar-refractivity contribution in [1.82, 2.24) is 9.97 Å². The lowest BCUT2D eigenvalue weighted by molar-refractivity contribution is 0.262. The van der Waals surface area contributed by atoms with Crippen molar-refractivity contribution in [2.24, 2.45) is 0 Å². The number of urea groups is 1. The van der Waals surface area contributed by atoms with Gasteiger partial charge >= 0.3 is 6.03 Å². The van der Waals surface area contributed by atoms with Crippen LogP contribution in [0.25, 0.3) is 0 Å². The van der Waals surface area contributed by atoms with E-state index in [1.54, 1.807) is 31.4 Å². The zero-order valence-electron chi connectivity index (χ0n) is 19.5. The smallest absolute Gasteiger partial charge is 0.323 e. The van der Waals surface area contributed by atoms with Gasteiger partial charge in [0.15, 0.2) is 0 Å². The molecule has 9 heteroatoms. The van der Waals surface area contributed by atoms with E-state index in [4.69, 9.17) is 16.3 Å². The molecule has 2 amide bonds. The molecular formula is C26H25ClN6O2. The minimum absolute atomic E-state index is 0.382. The molecule has 0 aliphatic rings. The van der Waals surface area contributed by atoms with Crippen LogP contribution in [0.5, 0.6) is 5.75 Å². The lowest BCUT2D eigenvalue weighted by Gasteiger charge is -2.12. The number of benzene rings is 3. The van der Waals surface area contributed by atoms with Crippen LogP contribution in [0.15, 0.2) is 72.8 Å². The topological polar surface area (TPSA) is 100 Å². The van der Waals surface area contributed by atoms with Gasteiger partial charge in [0, 0.05) is 28.8 Å². The second-order valence-corrected chi connectivity index (χ2v) is 8.24. The predicted octanol–water partition coefficient (Wildman–Crippen LogP) is 6.89. The molecule has 0 fully saturated rings. The maximum atomic E-state index is 12.3. The highest BCUT2D eigenvalue weighted by Crippen LogP contribution is 2.24. The number of nitrogens with one attached hydrogen (secondary N) is 4. The minimum atomic E-state index is -0.382. The fourth-order valence-electron chi connectivity index (χ4n) is 3.28. The van der Waals surface area contributed by atoms with Crippen LogP contribution < -0.4 is 26.0 Å². The number of nitrogens with zero attached hydrogens (tertiary/aromatic N) is 2. The number of aromatic nitrogens is 2. The van der Waals surface area contributed by atoms with Gasteiger partial charge < -0.3 is 26.0 Å². The summed E-state index contributed by atoms with van der Waals surface area (Å²) in [4.78, 5) is 21.3. The summed E-state index contributed by atoms with van der Waals surface area (Å²) in [5, 5.41) is 12.5. The molecule has 1 heterocycles. The minimum Gasteiger partial charge on any atom is -0.497 e. The molecule has 178 valence electrons. The second-order valence-electron chi connectivity index (χ2n) is 7.84. The van der Waals surface area contributed by atoms with Crippen molar-refractivity contribution in [2.45, 2.75) is 13.8 Å². The molecule has 3 aromatic carbocycles. The van der Waals surface area contributed by atoms with Crippen LogP contribution >= 0.6 is 11.6 Å². The number of aryl methyl sites for hydroxylation is 2. The number of ether oxygens (including phenoxy) is 1. The third kappa shape index (κ3) is 6.61. The van der Waals surface area contributed by atoms with E-state index in [1.165, 1.54) is 0 Å². The monoisotopic (exact) mass is 488 g/mol. The van der Waals surface area contributed by atoms with Gasteiger partial charge in [-0.25, -0.2) is 9.78 Å². The first kappa shape index (κ1) is 23.8. The van der Waals surface area contributed by atoms with Crippen LogP contribution in [0.4, 0.5) is 39.3 Å². The van der Waals surface area contributed by atoms with Crippen molar-refractivity contribution in [3.05, 3.63) is 89.1 Å². The average molecular weight is 489 g/mol. The summed E-state index contributed by atoms with van der Waals surface area (Å²) in [6.07, 6.45) is 0. The Morgan fingerprint density at radius 2 is 1.46 bits per heavy atom. The third-order valence-corrected chi connectivity index (χ3v) is 5.30. The summed E-state index contributed by atoms with van der Waals surface area (Å²) < 4.78 is 5.19. The average Bonchev–Trinajstić information content (AvgIpc) is 2.82. The molecule has 1 aromatic heterocycles. The van der Waals surface area contributed by atoms with Crippen molar-refractivity contribution in [3.8, 4) is 5.75 Å². The SMILES string of the molecule is COc1ccc(Nc2cc(C)nc(Nc3ccc(NC(=O)Nc4ccc(C)cc4Cl)cc3)n2)cc1. The summed E-state index contributed by atoms with van der Waals surface area (Å²) >= 11 is 6.18. The quantitative estimate of drug-likeness (QED) is 0.226. The van der Waals surface area contributed by atoms with E-state index in [-0.39, 0.29) is 6.03 Å². The number of methoxy groups -OCH3 is 1. The van der Waals surface area contributed by atoms with Gasteiger partial charge in [-0.3, -0.25) is 0 Å². The number of hydrogen-bond acceptors (Lipinski definition) is 6. The number of carbonyl (C=O) groups excluding carboxylic acids is 1. The van der Waals surface area contributed by atoms with Crippen LogP contribution in [0.3, 0.4) is 0 Å². The van der Waals surface area contributed by atoms with Crippen LogP contribution in [0.1, 0.15) is 11.3 Å². The van der Waals surface area contributed by atoms with E-state index in [1.807, 2.05) is 62.4 Å². The van der Waals surface area contributed by atoms with Gasteiger partial charge in [-0.2, -0.15) is 4.98 Å². The van der Waals surface area contributed by atoms with Crippen LogP contribution in [-0.4, -0.2) is 23.1 Å². The van der Waals surface area contributed by atoms with Crippen LogP contribution in [0.2, 0.25) is 5.02 Å².